The van der Waals surface area contributed by atoms with Crippen molar-refractivity contribution in [3.63, 3.8) is 0 Å². The minimum Gasteiger partial charge on any atom is -0.394 e. The summed E-state index contributed by atoms with van der Waals surface area (Å²) in [5.74, 6) is -0.0792. The van der Waals surface area contributed by atoms with Crippen LogP contribution in [0.25, 0.3) is 0 Å². The Morgan fingerprint density at radius 3 is 3.05 bits per heavy atom. The highest BCUT2D eigenvalue weighted by Gasteiger charge is 2.21. The Labute approximate surface area is 118 Å². The molecule has 1 amide bonds. The summed E-state index contributed by atoms with van der Waals surface area (Å²) in [7, 11) is 0. The Balaban J connectivity index is 1.89. The van der Waals surface area contributed by atoms with Gasteiger partial charge in [0.05, 0.1) is 25.9 Å². The summed E-state index contributed by atoms with van der Waals surface area (Å²) in [5.41, 5.74) is 7.31. The standard InChI is InChI=1S/C14H21N3O3/c15-7-11-3-1-2-4-13(11)16-14(19)9-17-5-6-20-12(8-17)10-18/h1-4,12,18H,5-10,15H2,(H,16,19). The van der Waals surface area contributed by atoms with Gasteiger partial charge in [-0.1, -0.05) is 18.2 Å². The summed E-state index contributed by atoms with van der Waals surface area (Å²) in [6, 6.07) is 7.50. The Morgan fingerprint density at radius 1 is 1.50 bits per heavy atom. The number of morpholine rings is 1. The van der Waals surface area contributed by atoms with E-state index in [1.165, 1.54) is 0 Å². The molecule has 110 valence electrons. The van der Waals surface area contributed by atoms with Crippen LogP contribution in [0.2, 0.25) is 0 Å². The first-order valence-corrected chi connectivity index (χ1v) is 6.75. The summed E-state index contributed by atoms with van der Waals surface area (Å²) in [6.07, 6.45) is -0.201. The SMILES string of the molecule is NCc1ccccc1NC(=O)CN1CCOC(CO)C1. The molecule has 6 heteroatoms. The number of hydrogen-bond acceptors (Lipinski definition) is 5. The van der Waals surface area contributed by atoms with Gasteiger partial charge in [0.25, 0.3) is 0 Å². The number of carbonyl (C=O) groups excluding carboxylic acids is 1. The molecule has 1 saturated heterocycles. The van der Waals surface area contributed by atoms with Crippen molar-refractivity contribution in [1.82, 2.24) is 4.90 Å². The predicted octanol–water partition coefficient (Wildman–Crippen LogP) is -0.223. The highest BCUT2D eigenvalue weighted by molar-refractivity contribution is 5.93. The summed E-state index contributed by atoms with van der Waals surface area (Å²) >= 11 is 0. The number of amides is 1. The van der Waals surface area contributed by atoms with E-state index < -0.39 is 0 Å². The van der Waals surface area contributed by atoms with Crippen LogP contribution in [-0.2, 0) is 16.1 Å². The molecular formula is C14H21N3O3. The summed E-state index contributed by atoms with van der Waals surface area (Å²) in [5, 5.41) is 12.0. The number of ether oxygens (including phenoxy) is 1. The average molecular weight is 279 g/mol. The second kappa shape index (κ2) is 7.35. The van der Waals surface area contributed by atoms with Crippen molar-refractivity contribution < 1.29 is 14.6 Å². The normalized spacial score (nSPS) is 19.8. The number of hydrogen-bond donors (Lipinski definition) is 3. The van der Waals surface area contributed by atoms with Crippen molar-refractivity contribution in [2.24, 2.45) is 5.73 Å². The molecule has 1 aliphatic heterocycles. The number of aliphatic hydroxyl groups is 1. The average Bonchev–Trinajstić information content (AvgIpc) is 2.48. The van der Waals surface area contributed by atoms with Gasteiger partial charge in [-0.15, -0.1) is 0 Å². The van der Waals surface area contributed by atoms with Crippen LogP contribution in [0.4, 0.5) is 5.69 Å². The summed E-state index contributed by atoms with van der Waals surface area (Å²) in [4.78, 5) is 14.0. The second-order valence-electron chi connectivity index (χ2n) is 4.82. The fourth-order valence-electron chi connectivity index (χ4n) is 2.25. The van der Waals surface area contributed by atoms with Crippen molar-refractivity contribution in [1.29, 1.82) is 0 Å². The number of nitrogens with two attached hydrogens (primary N) is 1. The van der Waals surface area contributed by atoms with Crippen LogP contribution < -0.4 is 11.1 Å². The predicted molar refractivity (Wildman–Crippen MR) is 76.2 cm³/mol. The van der Waals surface area contributed by atoms with Crippen molar-refractivity contribution >= 4 is 11.6 Å². The van der Waals surface area contributed by atoms with Crippen LogP contribution >= 0.6 is 0 Å². The minimum atomic E-state index is -0.201. The highest BCUT2D eigenvalue weighted by Crippen LogP contribution is 2.14. The Morgan fingerprint density at radius 2 is 2.30 bits per heavy atom. The molecule has 2 rings (SSSR count). The lowest BCUT2D eigenvalue weighted by atomic mass is 10.2. The molecule has 1 aliphatic rings. The van der Waals surface area contributed by atoms with Gasteiger partial charge in [0.2, 0.25) is 5.91 Å². The molecule has 6 nitrogen and oxygen atoms in total. The quantitative estimate of drug-likeness (QED) is 0.693. The molecule has 1 heterocycles. The first-order valence-electron chi connectivity index (χ1n) is 6.75. The minimum absolute atomic E-state index is 0.0197. The molecule has 4 N–H and O–H groups in total. The molecule has 1 atom stereocenters. The monoisotopic (exact) mass is 279 g/mol. The van der Waals surface area contributed by atoms with Crippen molar-refractivity contribution in [2.75, 3.05) is 38.2 Å². The van der Waals surface area contributed by atoms with Gasteiger partial charge in [0, 0.05) is 25.3 Å². The zero-order chi connectivity index (χ0) is 14.4. The molecule has 1 unspecified atom stereocenters. The lowest BCUT2D eigenvalue weighted by molar-refractivity contribution is -0.120. The van der Waals surface area contributed by atoms with Crippen LogP contribution in [0.3, 0.4) is 0 Å². The molecule has 0 spiro atoms. The van der Waals surface area contributed by atoms with E-state index in [-0.39, 0.29) is 18.6 Å². The van der Waals surface area contributed by atoms with Gasteiger partial charge in [-0.05, 0) is 11.6 Å². The Kier molecular flexibility index (Phi) is 5.49. The van der Waals surface area contributed by atoms with Gasteiger partial charge in [-0.2, -0.15) is 0 Å². The largest absolute Gasteiger partial charge is 0.394 e. The molecular weight excluding hydrogens is 258 g/mol. The molecule has 0 aromatic heterocycles. The van der Waals surface area contributed by atoms with Crippen molar-refractivity contribution in [2.45, 2.75) is 12.6 Å². The van der Waals surface area contributed by atoms with Crippen LogP contribution in [0.15, 0.2) is 24.3 Å². The highest BCUT2D eigenvalue weighted by atomic mass is 16.5. The van der Waals surface area contributed by atoms with E-state index in [1.54, 1.807) is 0 Å². The van der Waals surface area contributed by atoms with Gasteiger partial charge < -0.3 is 20.9 Å². The number of nitrogens with one attached hydrogen (secondary N) is 1. The van der Waals surface area contributed by atoms with Gasteiger partial charge >= 0.3 is 0 Å². The van der Waals surface area contributed by atoms with Gasteiger partial charge in [0.1, 0.15) is 0 Å². The van der Waals surface area contributed by atoms with Crippen LogP contribution in [0.5, 0.6) is 0 Å². The first kappa shape index (κ1) is 14.9. The Bertz CT molecular complexity index is 453. The van der Waals surface area contributed by atoms with Gasteiger partial charge in [0.15, 0.2) is 0 Å². The third-order valence-electron chi connectivity index (χ3n) is 3.31. The van der Waals surface area contributed by atoms with E-state index in [0.717, 1.165) is 11.3 Å². The third-order valence-corrected chi connectivity index (χ3v) is 3.31. The van der Waals surface area contributed by atoms with E-state index in [1.807, 2.05) is 29.2 Å². The smallest absolute Gasteiger partial charge is 0.238 e. The van der Waals surface area contributed by atoms with E-state index in [2.05, 4.69) is 5.32 Å². The maximum Gasteiger partial charge on any atom is 0.238 e. The van der Waals surface area contributed by atoms with Crippen molar-refractivity contribution in [3.8, 4) is 0 Å². The number of para-hydroxylation sites is 1. The molecule has 0 bridgehead atoms. The number of nitrogens with zero attached hydrogens (tertiary/aromatic N) is 1. The number of benzene rings is 1. The lowest BCUT2D eigenvalue weighted by Gasteiger charge is -2.31. The molecule has 20 heavy (non-hydrogen) atoms. The first-order chi connectivity index (χ1) is 9.72. The third kappa shape index (κ3) is 4.01. The van der Waals surface area contributed by atoms with Crippen LogP contribution in [0, 0.1) is 0 Å². The molecule has 1 fully saturated rings. The van der Waals surface area contributed by atoms with E-state index in [4.69, 9.17) is 15.6 Å². The van der Waals surface area contributed by atoms with Crippen LogP contribution in [-0.4, -0.2) is 54.9 Å². The zero-order valence-corrected chi connectivity index (χ0v) is 11.4. The fraction of sp³-hybridized carbons (Fsp3) is 0.500. The second-order valence-corrected chi connectivity index (χ2v) is 4.82. The molecule has 0 aliphatic carbocycles. The van der Waals surface area contributed by atoms with E-state index >= 15 is 0 Å². The number of rotatable bonds is 5. The maximum atomic E-state index is 12.0. The summed E-state index contributed by atoms with van der Waals surface area (Å²) < 4.78 is 5.35. The number of aliphatic hydroxyl groups excluding tert-OH is 1. The van der Waals surface area contributed by atoms with Crippen LogP contribution in [0.1, 0.15) is 5.56 Å². The van der Waals surface area contributed by atoms with Crippen molar-refractivity contribution in [3.05, 3.63) is 29.8 Å². The molecule has 0 radical (unpaired) electrons. The van der Waals surface area contributed by atoms with E-state index in [9.17, 15) is 4.79 Å². The molecule has 0 saturated carbocycles. The topological polar surface area (TPSA) is 87.8 Å². The molecule has 1 aromatic rings. The van der Waals surface area contributed by atoms with Gasteiger partial charge in [-0.25, -0.2) is 0 Å². The van der Waals surface area contributed by atoms with E-state index in [0.29, 0.717) is 32.8 Å². The Hall–Kier alpha value is -1.47. The lowest BCUT2D eigenvalue weighted by Crippen LogP contribution is -2.46. The summed E-state index contributed by atoms with van der Waals surface area (Å²) in [6.45, 7) is 2.47. The number of anilines is 1. The van der Waals surface area contributed by atoms with Gasteiger partial charge in [-0.3, -0.25) is 9.69 Å². The maximum absolute atomic E-state index is 12.0. The fourth-order valence-corrected chi connectivity index (χ4v) is 2.25. The zero-order valence-electron chi connectivity index (χ0n) is 11.4. The molecule has 1 aromatic carbocycles. The number of carbonyl (C=O) groups is 1.